The Morgan fingerprint density at radius 1 is 1.09 bits per heavy atom. The summed E-state index contributed by atoms with van der Waals surface area (Å²) >= 11 is 0. The Hall–Kier alpha value is -3.51. The van der Waals surface area contributed by atoms with Gasteiger partial charge in [0.15, 0.2) is 41.3 Å². The molecule has 9 unspecified atom stereocenters. The number of rotatable bonds is 3. The van der Waals surface area contributed by atoms with Gasteiger partial charge in [-0.2, -0.15) is 13.1 Å². The molecule has 9 atom stereocenters. The first-order valence-electron chi connectivity index (χ1n) is 13.6. The number of fused-ring (bicyclic) bond motifs is 5. The zero-order valence-corrected chi connectivity index (χ0v) is 25.2. The van der Waals surface area contributed by atoms with Gasteiger partial charge in [-0.1, -0.05) is 0 Å². The molecule has 0 saturated carbocycles. The van der Waals surface area contributed by atoms with Crippen LogP contribution in [0.2, 0.25) is 0 Å². The lowest BCUT2D eigenvalue weighted by Crippen LogP contribution is -2.48. The van der Waals surface area contributed by atoms with Crippen molar-refractivity contribution in [3.63, 3.8) is 0 Å². The van der Waals surface area contributed by atoms with E-state index < -0.39 is 92.4 Å². The Morgan fingerprint density at radius 3 is 2.57 bits per heavy atom. The molecule has 2 bridgehead atoms. The number of aliphatic hydroxyl groups excluding tert-OH is 1. The molecule has 3 fully saturated rings. The maximum atomic E-state index is 16.0. The molecule has 0 spiro atoms. The monoisotopic (exact) mass is 688 g/mol. The summed E-state index contributed by atoms with van der Waals surface area (Å²) in [4.78, 5) is 45.9. The molecular weight excluding hydrogens is 662 g/mol. The normalized spacial score (nSPS) is 35.0. The summed E-state index contributed by atoms with van der Waals surface area (Å²) in [6, 6.07) is -1.70. The van der Waals surface area contributed by atoms with Gasteiger partial charge < -0.3 is 30.2 Å². The van der Waals surface area contributed by atoms with Crippen LogP contribution >= 0.6 is 7.82 Å². The Kier molecular flexibility index (Phi) is 7.66. The molecule has 7 rings (SSSR count). The van der Waals surface area contributed by atoms with Crippen LogP contribution in [0.25, 0.3) is 22.3 Å². The lowest BCUT2D eigenvalue weighted by molar-refractivity contribution is -0.0551. The second-order valence-electron chi connectivity index (χ2n) is 10.7. The van der Waals surface area contributed by atoms with Crippen LogP contribution in [-0.4, -0.2) is 108 Å². The predicted molar refractivity (Wildman–Crippen MR) is 148 cm³/mol. The molecule has 3 saturated heterocycles. The van der Waals surface area contributed by atoms with Crippen LogP contribution in [0.5, 0.6) is 0 Å². The SMILES string of the molecule is Cc1nc2c(ncn2C2OC3COS(=O)(=O)NC4C(COP(=O)(O)OC2C3CO)OC(n2cnc3c(N)ncnc32)C4F)c(=O)[nH]1. The average Bonchev–Trinajstić information content (AvgIpc) is 3.75. The number of alkyl halides is 1. The minimum Gasteiger partial charge on any atom is -0.396 e. The second kappa shape index (κ2) is 11.3. The first-order chi connectivity index (χ1) is 21.9. The number of phosphoric acid groups is 1. The van der Waals surface area contributed by atoms with Crippen LogP contribution in [0, 0.1) is 12.8 Å². The third-order valence-electron chi connectivity index (χ3n) is 7.85. The molecule has 24 heteroatoms. The van der Waals surface area contributed by atoms with Gasteiger partial charge in [-0.05, 0) is 6.92 Å². The zero-order valence-electron chi connectivity index (χ0n) is 23.5. The van der Waals surface area contributed by atoms with Crippen molar-refractivity contribution < 1.29 is 50.1 Å². The van der Waals surface area contributed by atoms with Gasteiger partial charge in [-0.25, -0.2) is 33.9 Å². The van der Waals surface area contributed by atoms with Gasteiger partial charge in [0, 0.05) is 5.92 Å². The van der Waals surface area contributed by atoms with E-state index in [9.17, 15) is 27.8 Å². The van der Waals surface area contributed by atoms with Crippen molar-refractivity contribution in [2.45, 2.75) is 49.9 Å². The van der Waals surface area contributed by atoms with Gasteiger partial charge in [0.25, 0.3) is 5.56 Å². The van der Waals surface area contributed by atoms with Gasteiger partial charge in [0.2, 0.25) is 0 Å². The summed E-state index contributed by atoms with van der Waals surface area (Å²) in [6.07, 6.45) is -5.84. The number of aromatic nitrogens is 8. The number of nitrogens with two attached hydrogens (primary N) is 1. The largest absolute Gasteiger partial charge is 0.472 e. The number of phosphoric ester groups is 1. The number of hydrogen-bond donors (Lipinski definition) is 5. The number of aliphatic hydroxyl groups is 1. The van der Waals surface area contributed by atoms with Crippen molar-refractivity contribution in [2.75, 3.05) is 25.6 Å². The van der Waals surface area contributed by atoms with Gasteiger partial charge >= 0.3 is 18.1 Å². The summed E-state index contributed by atoms with van der Waals surface area (Å²) in [5, 5.41) is 10.2. The first kappa shape index (κ1) is 31.1. The second-order valence-corrected chi connectivity index (χ2v) is 13.5. The van der Waals surface area contributed by atoms with E-state index in [0.29, 0.717) is 0 Å². The molecule has 6 N–H and O–H groups in total. The summed E-state index contributed by atoms with van der Waals surface area (Å²) in [5.74, 6) is -0.934. The summed E-state index contributed by atoms with van der Waals surface area (Å²) in [6.45, 7) is -0.798. The van der Waals surface area contributed by atoms with E-state index in [-0.39, 0.29) is 34.0 Å². The van der Waals surface area contributed by atoms with Gasteiger partial charge in [-0.15, -0.1) is 0 Å². The van der Waals surface area contributed by atoms with Crippen LogP contribution in [0.15, 0.2) is 23.8 Å². The maximum Gasteiger partial charge on any atom is 0.472 e. The molecule has 46 heavy (non-hydrogen) atoms. The van der Waals surface area contributed by atoms with E-state index in [1.165, 1.54) is 28.7 Å². The Morgan fingerprint density at radius 2 is 1.80 bits per heavy atom. The summed E-state index contributed by atoms with van der Waals surface area (Å²) < 4.78 is 87.6. The molecule has 248 valence electrons. The molecule has 0 aromatic carbocycles. The van der Waals surface area contributed by atoms with Crippen molar-refractivity contribution >= 4 is 46.3 Å². The van der Waals surface area contributed by atoms with Gasteiger partial charge in [-0.3, -0.25) is 27.2 Å². The summed E-state index contributed by atoms with van der Waals surface area (Å²) in [7, 11) is -9.84. The first-order valence-corrected chi connectivity index (χ1v) is 16.5. The molecule has 4 aromatic heterocycles. The molecule has 3 aliphatic heterocycles. The van der Waals surface area contributed by atoms with Gasteiger partial charge in [0.05, 0.1) is 44.6 Å². The topological polar surface area (TPSA) is 283 Å². The predicted octanol–water partition coefficient (Wildman–Crippen LogP) is -1.67. The molecule has 0 aliphatic carbocycles. The average molecular weight is 689 g/mol. The van der Waals surface area contributed by atoms with E-state index in [1.807, 2.05) is 0 Å². The number of aryl methyl sites for hydroxylation is 1. The quantitative estimate of drug-likeness (QED) is 0.150. The minimum atomic E-state index is -5.08. The van der Waals surface area contributed by atoms with E-state index >= 15 is 4.39 Å². The van der Waals surface area contributed by atoms with E-state index in [2.05, 4.69) is 34.6 Å². The highest BCUT2D eigenvalue weighted by Crippen LogP contribution is 2.51. The number of nitrogens with zero attached hydrogens (tertiary/aromatic N) is 7. The third-order valence-corrected chi connectivity index (χ3v) is 9.84. The minimum absolute atomic E-state index is 0.00765. The van der Waals surface area contributed by atoms with Crippen LogP contribution < -0.4 is 16.0 Å². The zero-order chi connectivity index (χ0) is 32.5. The highest BCUT2D eigenvalue weighted by molar-refractivity contribution is 7.84. The van der Waals surface area contributed by atoms with E-state index in [1.54, 1.807) is 0 Å². The smallest absolute Gasteiger partial charge is 0.396 e. The lowest BCUT2D eigenvalue weighted by Gasteiger charge is -2.26. The Labute approximate surface area is 256 Å². The summed E-state index contributed by atoms with van der Waals surface area (Å²) in [5.41, 5.74) is 5.40. The van der Waals surface area contributed by atoms with Crippen molar-refractivity contribution in [1.82, 2.24) is 43.8 Å². The number of nitrogen functional groups attached to an aromatic ring is 1. The number of hydrogen-bond acceptors (Lipinski definition) is 16. The van der Waals surface area contributed by atoms with Crippen LogP contribution in [0.3, 0.4) is 0 Å². The highest BCUT2D eigenvalue weighted by atomic mass is 32.2. The van der Waals surface area contributed by atoms with Gasteiger partial charge in [0.1, 0.15) is 29.9 Å². The third kappa shape index (κ3) is 5.36. The molecule has 4 aromatic rings. The van der Waals surface area contributed by atoms with Crippen LogP contribution in [0.4, 0.5) is 10.2 Å². The standard InChI is InChI=1S/C22H26FN10O11PS/c1-8-29-19-15(20(35)30-8)28-7-33(19)22-16-9(2-34)10(42-22)4-41-46(38,39)31-13-11(3-40-45(36,37)44-16)43-21(12(13)23)32-6-27-14-17(24)25-5-26-18(14)32/h5-7,9-13,16,21-22,31,34H,2-4H2,1H3,(H,36,37)(H2,24,25,26)(H,29,30,35). The fourth-order valence-corrected chi connectivity index (χ4v) is 7.69. The molecule has 0 amide bonds. The van der Waals surface area contributed by atoms with Crippen molar-refractivity contribution in [3.05, 3.63) is 35.2 Å². The number of nitrogens with one attached hydrogen (secondary N) is 2. The number of imidazole rings is 2. The molecule has 21 nitrogen and oxygen atoms in total. The fourth-order valence-electron chi connectivity index (χ4n) is 5.73. The number of ether oxygens (including phenoxy) is 2. The Balaban J connectivity index is 1.22. The van der Waals surface area contributed by atoms with Crippen molar-refractivity contribution in [2.24, 2.45) is 5.92 Å². The molecule has 7 heterocycles. The van der Waals surface area contributed by atoms with Crippen molar-refractivity contribution in [1.29, 1.82) is 0 Å². The number of anilines is 1. The van der Waals surface area contributed by atoms with E-state index in [0.717, 1.165) is 6.33 Å². The van der Waals surface area contributed by atoms with E-state index in [4.69, 9.17) is 28.4 Å². The molecular formula is C22H26FN10O11PS. The fraction of sp³-hybridized carbons (Fsp3) is 0.545. The lowest BCUT2D eigenvalue weighted by atomic mass is 9.99. The van der Waals surface area contributed by atoms with Crippen LogP contribution in [-0.2, 0) is 37.6 Å². The van der Waals surface area contributed by atoms with Crippen LogP contribution in [0.1, 0.15) is 18.3 Å². The number of H-pyrrole nitrogens is 1. The Bertz CT molecular complexity index is 2030. The molecule has 0 radical (unpaired) electrons. The van der Waals surface area contributed by atoms with Crippen molar-refractivity contribution in [3.8, 4) is 0 Å². The number of halogens is 1. The maximum absolute atomic E-state index is 16.0. The number of aromatic amines is 1. The molecule has 3 aliphatic rings. The highest BCUT2D eigenvalue weighted by Gasteiger charge is 2.53.